The number of nitrogens with zero attached hydrogens (tertiary/aromatic N) is 3. The highest BCUT2D eigenvalue weighted by Crippen LogP contribution is 2.40. The van der Waals surface area contributed by atoms with E-state index in [0.717, 1.165) is 32.7 Å². The zero-order valence-electron chi connectivity index (χ0n) is 23.5. The Kier molecular flexibility index (Phi) is 7.05. The zero-order chi connectivity index (χ0) is 28.7. The van der Waals surface area contributed by atoms with Gasteiger partial charge in [0.05, 0.1) is 22.9 Å². The van der Waals surface area contributed by atoms with Gasteiger partial charge < -0.3 is 9.64 Å². The van der Waals surface area contributed by atoms with E-state index in [9.17, 15) is 9.59 Å². The van der Waals surface area contributed by atoms with Crippen LogP contribution < -0.4 is 19.6 Å². The first kappa shape index (κ1) is 26.7. The molecular formula is C34H31N3O3S. The Morgan fingerprint density at radius 3 is 2.32 bits per heavy atom. The Bertz CT molecular complexity index is 2030. The van der Waals surface area contributed by atoms with Gasteiger partial charge >= 0.3 is 0 Å². The summed E-state index contributed by atoms with van der Waals surface area (Å²) in [6.45, 7) is 6.89. The molecule has 206 valence electrons. The smallest absolute Gasteiger partial charge is 0.271 e. The molecule has 6 nitrogen and oxygen atoms in total. The number of carbonyl (C=O) groups excluding carboxylic acids is 1. The minimum absolute atomic E-state index is 0.125. The van der Waals surface area contributed by atoms with Crippen LogP contribution in [0.15, 0.2) is 99.9 Å². The van der Waals surface area contributed by atoms with Crippen molar-refractivity contribution in [3.05, 3.63) is 121 Å². The molecule has 1 aliphatic rings. The average Bonchev–Trinajstić information content (AvgIpc) is 3.30. The highest BCUT2D eigenvalue weighted by Gasteiger charge is 2.36. The van der Waals surface area contributed by atoms with E-state index in [0.29, 0.717) is 39.4 Å². The first-order chi connectivity index (χ1) is 20.0. The van der Waals surface area contributed by atoms with Crippen LogP contribution in [0.1, 0.15) is 37.9 Å². The third-order valence-electron chi connectivity index (χ3n) is 7.84. The minimum Gasteiger partial charge on any atom is -0.496 e. The second kappa shape index (κ2) is 10.8. The van der Waals surface area contributed by atoms with Gasteiger partial charge in [-0.2, -0.15) is 0 Å². The summed E-state index contributed by atoms with van der Waals surface area (Å²) in [5, 5.41) is 4.11. The number of hydrogen-bond acceptors (Lipinski definition) is 5. The maximum absolute atomic E-state index is 14.4. The second-order valence-corrected chi connectivity index (χ2v) is 11.0. The molecule has 6 rings (SSSR count). The van der Waals surface area contributed by atoms with Crippen molar-refractivity contribution in [2.75, 3.05) is 20.2 Å². The van der Waals surface area contributed by atoms with Crippen LogP contribution in [-0.4, -0.2) is 35.6 Å². The van der Waals surface area contributed by atoms with E-state index in [4.69, 9.17) is 9.73 Å². The SMILES string of the molecule is CCN(CC)C(=O)C1=C(C)N=c2s/c(=C/c3cccc4ccccc34)c(=O)n2[C@@H]1c1c(OC)ccc2ccccc12. The van der Waals surface area contributed by atoms with E-state index >= 15 is 0 Å². The number of hydrogen-bond donors (Lipinski definition) is 0. The molecule has 41 heavy (non-hydrogen) atoms. The molecule has 1 aliphatic heterocycles. The van der Waals surface area contributed by atoms with Gasteiger partial charge in [-0.3, -0.25) is 14.2 Å². The number of amides is 1. The molecule has 0 radical (unpaired) electrons. The third kappa shape index (κ3) is 4.46. The summed E-state index contributed by atoms with van der Waals surface area (Å²) in [6, 6.07) is 25.5. The van der Waals surface area contributed by atoms with Gasteiger partial charge in [-0.25, -0.2) is 4.99 Å². The highest BCUT2D eigenvalue weighted by atomic mass is 32.1. The highest BCUT2D eigenvalue weighted by molar-refractivity contribution is 7.07. The summed E-state index contributed by atoms with van der Waals surface area (Å²) >= 11 is 1.35. The summed E-state index contributed by atoms with van der Waals surface area (Å²) in [5.41, 5.74) is 2.67. The van der Waals surface area contributed by atoms with E-state index < -0.39 is 6.04 Å². The van der Waals surface area contributed by atoms with Gasteiger partial charge in [0, 0.05) is 18.7 Å². The van der Waals surface area contributed by atoms with Gasteiger partial charge in [-0.15, -0.1) is 0 Å². The van der Waals surface area contributed by atoms with E-state index in [-0.39, 0.29) is 11.5 Å². The Balaban J connectivity index is 1.68. The molecule has 7 heteroatoms. The Morgan fingerprint density at radius 2 is 1.61 bits per heavy atom. The number of fused-ring (bicyclic) bond motifs is 3. The van der Waals surface area contributed by atoms with Crippen molar-refractivity contribution in [1.29, 1.82) is 0 Å². The average molecular weight is 562 g/mol. The molecular weight excluding hydrogens is 530 g/mol. The first-order valence-corrected chi connectivity index (χ1v) is 14.6. The van der Waals surface area contributed by atoms with E-state index in [1.807, 2.05) is 87.5 Å². The quantitative estimate of drug-likeness (QED) is 0.278. The summed E-state index contributed by atoms with van der Waals surface area (Å²) in [6.07, 6.45) is 1.94. The molecule has 0 saturated heterocycles. The van der Waals surface area contributed by atoms with Gasteiger partial charge in [-0.1, -0.05) is 84.1 Å². The molecule has 0 aliphatic carbocycles. The van der Waals surface area contributed by atoms with Gasteiger partial charge in [0.15, 0.2) is 4.80 Å². The van der Waals surface area contributed by atoms with Gasteiger partial charge in [0.1, 0.15) is 11.8 Å². The number of benzene rings is 4. The lowest BCUT2D eigenvalue weighted by atomic mass is 9.90. The van der Waals surface area contributed by atoms with Crippen molar-refractivity contribution in [2.45, 2.75) is 26.8 Å². The number of likely N-dealkylation sites (N-methyl/N-ethyl adjacent to an activating group) is 1. The number of thiazole rings is 1. The Morgan fingerprint density at radius 1 is 0.951 bits per heavy atom. The van der Waals surface area contributed by atoms with Crippen molar-refractivity contribution >= 4 is 44.9 Å². The van der Waals surface area contributed by atoms with Crippen molar-refractivity contribution < 1.29 is 9.53 Å². The lowest BCUT2D eigenvalue weighted by Gasteiger charge is -2.30. The van der Waals surface area contributed by atoms with Gasteiger partial charge in [0.2, 0.25) is 0 Å². The molecule has 0 bridgehead atoms. The lowest BCUT2D eigenvalue weighted by Crippen LogP contribution is -2.43. The lowest BCUT2D eigenvalue weighted by molar-refractivity contribution is -0.127. The monoisotopic (exact) mass is 561 g/mol. The summed E-state index contributed by atoms with van der Waals surface area (Å²) < 4.78 is 8.14. The first-order valence-electron chi connectivity index (χ1n) is 13.8. The van der Waals surface area contributed by atoms with E-state index in [2.05, 4.69) is 18.2 Å². The molecule has 1 atom stereocenters. The minimum atomic E-state index is -0.699. The molecule has 0 spiro atoms. The number of rotatable bonds is 6. The molecule has 0 unspecified atom stereocenters. The largest absolute Gasteiger partial charge is 0.496 e. The van der Waals surface area contributed by atoms with E-state index in [1.165, 1.54) is 11.3 Å². The molecule has 0 saturated carbocycles. The maximum atomic E-state index is 14.4. The number of methoxy groups -OCH3 is 1. The van der Waals surface area contributed by atoms with Crippen LogP contribution in [0, 0.1) is 0 Å². The predicted molar refractivity (Wildman–Crippen MR) is 166 cm³/mol. The predicted octanol–water partition coefficient (Wildman–Crippen LogP) is 5.42. The van der Waals surface area contributed by atoms with Crippen LogP contribution in [0.25, 0.3) is 27.6 Å². The second-order valence-electron chi connectivity index (χ2n) is 10.0. The zero-order valence-corrected chi connectivity index (χ0v) is 24.4. The maximum Gasteiger partial charge on any atom is 0.271 e. The topological polar surface area (TPSA) is 63.9 Å². The Hall–Kier alpha value is -4.49. The fraction of sp³-hybridized carbons (Fsp3) is 0.206. The standard InChI is InChI=1S/C34H31N3O3S/c1-5-36(6-2)33(39)29-21(3)35-34-37(31(29)30-26-17-10-8-13-23(26)18-19-27(30)40-4)32(38)28(41-34)20-24-15-11-14-22-12-7-9-16-25(22)24/h7-20,31H,5-6H2,1-4H3/b28-20+/t31-/m0/s1. The molecule has 4 aromatic carbocycles. The third-order valence-corrected chi connectivity index (χ3v) is 8.82. The van der Waals surface area contributed by atoms with Crippen LogP contribution in [-0.2, 0) is 4.79 Å². The molecule has 0 N–H and O–H groups in total. The molecule has 1 aromatic heterocycles. The van der Waals surface area contributed by atoms with Crippen LogP contribution >= 0.6 is 11.3 Å². The number of carbonyl (C=O) groups is 1. The van der Waals surface area contributed by atoms with Crippen LogP contribution in [0.5, 0.6) is 5.75 Å². The molecule has 2 heterocycles. The summed E-state index contributed by atoms with van der Waals surface area (Å²) in [7, 11) is 1.63. The summed E-state index contributed by atoms with van der Waals surface area (Å²) in [4.78, 5) is 35.7. The van der Waals surface area contributed by atoms with Gasteiger partial charge in [0.25, 0.3) is 11.5 Å². The summed E-state index contributed by atoms with van der Waals surface area (Å²) in [5.74, 6) is 0.497. The van der Waals surface area contributed by atoms with Crippen LogP contribution in [0.3, 0.4) is 0 Å². The van der Waals surface area contributed by atoms with Crippen molar-refractivity contribution in [3.8, 4) is 5.75 Å². The fourth-order valence-electron chi connectivity index (χ4n) is 5.80. The number of aromatic nitrogens is 1. The fourth-order valence-corrected chi connectivity index (χ4v) is 6.84. The molecule has 1 amide bonds. The van der Waals surface area contributed by atoms with Crippen molar-refractivity contribution in [2.24, 2.45) is 4.99 Å². The van der Waals surface area contributed by atoms with Crippen LogP contribution in [0.2, 0.25) is 0 Å². The van der Waals surface area contributed by atoms with E-state index in [1.54, 1.807) is 16.6 Å². The van der Waals surface area contributed by atoms with Crippen molar-refractivity contribution in [1.82, 2.24) is 9.47 Å². The molecule has 5 aromatic rings. The number of ether oxygens (including phenoxy) is 1. The molecule has 0 fully saturated rings. The van der Waals surface area contributed by atoms with Gasteiger partial charge in [-0.05, 0) is 60.0 Å². The number of allylic oxidation sites excluding steroid dienone is 1. The Labute approximate surface area is 242 Å². The van der Waals surface area contributed by atoms with Crippen LogP contribution in [0.4, 0.5) is 0 Å². The normalized spacial score (nSPS) is 15.2. The van der Waals surface area contributed by atoms with Crippen molar-refractivity contribution in [3.63, 3.8) is 0 Å².